The van der Waals surface area contributed by atoms with Gasteiger partial charge in [-0.05, 0) is 5.56 Å². The number of halogens is 3. The van der Waals surface area contributed by atoms with Crippen molar-refractivity contribution >= 4 is 16.7 Å². The van der Waals surface area contributed by atoms with Crippen molar-refractivity contribution in [3.05, 3.63) is 114 Å². The Balaban J connectivity index is 0.00000169. The maximum atomic E-state index is 3.61. The van der Waals surface area contributed by atoms with E-state index in [2.05, 4.69) is 97.1 Å². The van der Waals surface area contributed by atoms with Crippen LogP contribution in [0.1, 0.15) is 23.1 Å². The average Bonchev–Trinajstić information content (AvgIpc) is 3.09. The second kappa shape index (κ2) is 12.1. The Morgan fingerprint density at radius 2 is 0.926 bits per heavy atom. The van der Waals surface area contributed by atoms with Crippen molar-refractivity contribution < 1.29 is 55.8 Å². The van der Waals surface area contributed by atoms with Gasteiger partial charge in [0.25, 0.3) is 0 Å². The fourth-order valence-electron chi connectivity index (χ4n) is 3.16. The topological polar surface area (TPSA) is 0 Å². The fourth-order valence-corrected chi connectivity index (χ4v) is 3.16. The number of allylic oxidation sites excluding steroid dienone is 4. The molecule has 1 aliphatic rings. The Bertz CT molecular complexity index is 873. The molecule has 0 aromatic heterocycles. The maximum Gasteiger partial charge on any atom is 4.00 e. The third-order valence-electron chi connectivity index (χ3n) is 4.24. The number of hydrogen-bond acceptors (Lipinski definition) is 0. The zero-order valence-electron chi connectivity index (χ0n) is 14.4. The summed E-state index contributed by atoms with van der Waals surface area (Å²) in [6.45, 7) is 0. The van der Waals surface area contributed by atoms with Gasteiger partial charge in [-0.25, -0.2) is 0 Å². The van der Waals surface area contributed by atoms with Crippen molar-refractivity contribution in [3.63, 3.8) is 0 Å². The van der Waals surface area contributed by atoms with Crippen LogP contribution >= 0.6 is 0 Å². The molecule has 0 heterocycles. The summed E-state index contributed by atoms with van der Waals surface area (Å²) in [6.07, 6.45) is 4.47. The predicted molar refractivity (Wildman–Crippen MR) is 97.4 cm³/mol. The van der Waals surface area contributed by atoms with Crippen LogP contribution in [0.5, 0.6) is 0 Å². The Hall–Kier alpha value is -1.41. The summed E-state index contributed by atoms with van der Waals surface area (Å²) >= 11 is 0. The SMILES string of the molecule is [C-]1=C(c2ccccc2)C(c2ccccc2)=C(c2ccccc2)C1.[Cl-].[Cl-].[Cl-].[V+4]. The molecule has 0 unspecified atom stereocenters. The molecule has 0 saturated heterocycles. The van der Waals surface area contributed by atoms with Crippen LogP contribution in [-0.4, -0.2) is 0 Å². The molecule has 0 fully saturated rings. The van der Waals surface area contributed by atoms with Crippen LogP contribution in [-0.2, 0) is 18.6 Å². The smallest absolute Gasteiger partial charge is 1.00 e. The minimum Gasteiger partial charge on any atom is -1.00 e. The summed E-state index contributed by atoms with van der Waals surface area (Å²) in [7, 11) is 0. The Morgan fingerprint density at radius 1 is 0.519 bits per heavy atom. The number of rotatable bonds is 3. The molecule has 0 bridgehead atoms. The summed E-state index contributed by atoms with van der Waals surface area (Å²) in [5, 5.41) is 0. The van der Waals surface area contributed by atoms with Crippen LogP contribution < -0.4 is 37.2 Å². The quantitative estimate of drug-likeness (QED) is 0.371. The Morgan fingerprint density at radius 3 is 1.41 bits per heavy atom. The van der Waals surface area contributed by atoms with Gasteiger partial charge in [0.1, 0.15) is 0 Å². The third-order valence-corrected chi connectivity index (χ3v) is 4.24. The van der Waals surface area contributed by atoms with Crippen LogP contribution in [0.2, 0.25) is 0 Å². The van der Waals surface area contributed by atoms with E-state index in [1.54, 1.807) is 0 Å². The predicted octanol–water partition coefficient (Wildman–Crippen LogP) is -3.10. The molecular weight excluding hydrogens is 434 g/mol. The van der Waals surface area contributed by atoms with Crippen molar-refractivity contribution in [1.82, 2.24) is 0 Å². The van der Waals surface area contributed by atoms with Gasteiger partial charge < -0.3 is 37.2 Å². The molecule has 1 radical (unpaired) electrons. The molecule has 3 aromatic rings. The second-order valence-corrected chi connectivity index (χ2v) is 5.68. The largest absolute Gasteiger partial charge is 4.00 e. The molecule has 27 heavy (non-hydrogen) atoms. The van der Waals surface area contributed by atoms with Gasteiger partial charge in [0.05, 0.1) is 0 Å². The van der Waals surface area contributed by atoms with Gasteiger partial charge in [0.2, 0.25) is 0 Å². The zero-order valence-corrected chi connectivity index (χ0v) is 18.1. The Kier molecular flexibility index (Phi) is 11.5. The van der Waals surface area contributed by atoms with Gasteiger partial charge in [0, 0.05) is 0 Å². The molecule has 0 N–H and O–H groups in total. The molecule has 0 spiro atoms. The molecule has 0 aliphatic heterocycles. The van der Waals surface area contributed by atoms with Gasteiger partial charge >= 0.3 is 18.6 Å². The van der Waals surface area contributed by atoms with E-state index in [-0.39, 0.29) is 55.8 Å². The molecule has 3 aromatic carbocycles. The van der Waals surface area contributed by atoms with Crippen molar-refractivity contribution in [2.45, 2.75) is 6.42 Å². The summed E-state index contributed by atoms with van der Waals surface area (Å²) in [4.78, 5) is 0. The molecule has 1 aliphatic carbocycles. The van der Waals surface area contributed by atoms with Crippen molar-refractivity contribution in [1.29, 1.82) is 0 Å². The third kappa shape index (κ3) is 5.54. The molecule has 0 atom stereocenters. The van der Waals surface area contributed by atoms with Crippen molar-refractivity contribution in [2.24, 2.45) is 0 Å². The zero-order chi connectivity index (χ0) is 15.5. The van der Waals surface area contributed by atoms with Crippen LogP contribution in [0.15, 0.2) is 91.0 Å². The van der Waals surface area contributed by atoms with E-state index in [0.717, 1.165) is 6.42 Å². The average molecular weight is 451 g/mol. The van der Waals surface area contributed by atoms with Gasteiger partial charge in [-0.1, -0.05) is 96.4 Å². The summed E-state index contributed by atoms with van der Waals surface area (Å²) in [5.74, 6) is 0. The molecule has 0 nitrogen and oxygen atoms in total. The van der Waals surface area contributed by atoms with Crippen molar-refractivity contribution in [3.8, 4) is 0 Å². The van der Waals surface area contributed by atoms with Gasteiger partial charge in [-0.2, -0.15) is 11.6 Å². The number of hydrogen-bond donors (Lipinski definition) is 0. The summed E-state index contributed by atoms with van der Waals surface area (Å²) < 4.78 is 0. The fraction of sp³-hybridized carbons (Fsp3) is 0.0435. The van der Waals surface area contributed by atoms with E-state index in [9.17, 15) is 0 Å². The normalized spacial score (nSPS) is 11.9. The minimum atomic E-state index is 0. The molecule has 4 rings (SSSR count). The van der Waals surface area contributed by atoms with Crippen LogP contribution in [0.4, 0.5) is 0 Å². The molecule has 135 valence electrons. The molecule has 4 heteroatoms. The molecular formula is C23H17Cl3V. The standard InChI is InChI=1S/C23H17.3ClH.V/c1-4-10-18(11-5-1)21-16-17-22(19-12-6-2-7-13-19)23(21)20-14-8-3-9-15-20;;;;/h1-15H,16H2;3*1H;/q-1;;;;+4/p-3. The van der Waals surface area contributed by atoms with E-state index in [4.69, 9.17) is 0 Å². The first-order valence-corrected chi connectivity index (χ1v) is 7.94. The second-order valence-electron chi connectivity index (χ2n) is 5.68. The molecule has 0 saturated carbocycles. The van der Waals surface area contributed by atoms with Crippen LogP contribution in [0, 0.1) is 6.08 Å². The van der Waals surface area contributed by atoms with Crippen molar-refractivity contribution in [2.75, 3.05) is 0 Å². The monoisotopic (exact) mass is 449 g/mol. The first-order valence-electron chi connectivity index (χ1n) is 7.94. The van der Waals surface area contributed by atoms with Crippen LogP contribution in [0.3, 0.4) is 0 Å². The first-order chi connectivity index (χ1) is 11.4. The van der Waals surface area contributed by atoms with E-state index in [1.807, 2.05) is 0 Å². The van der Waals surface area contributed by atoms with E-state index in [1.165, 1.54) is 33.4 Å². The van der Waals surface area contributed by atoms with Crippen LogP contribution in [0.25, 0.3) is 16.7 Å². The maximum absolute atomic E-state index is 3.61. The summed E-state index contributed by atoms with van der Waals surface area (Å²) in [5.41, 5.74) is 7.66. The van der Waals surface area contributed by atoms with Gasteiger partial charge in [-0.3, -0.25) is 0 Å². The van der Waals surface area contributed by atoms with E-state index in [0.29, 0.717) is 0 Å². The minimum absolute atomic E-state index is 0. The van der Waals surface area contributed by atoms with Gasteiger partial charge in [-0.15, -0.1) is 23.3 Å². The summed E-state index contributed by atoms with van der Waals surface area (Å²) in [6, 6.07) is 31.9. The number of benzene rings is 3. The molecule has 0 amide bonds. The van der Waals surface area contributed by atoms with E-state index < -0.39 is 0 Å². The first kappa shape index (κ1) is 25.6. The van der Waals surface area contributed by atoms with E-state index >= 15 is 0 Å². The van der Waals surface area contributed by atoms with Gasteiger partial charge in [0.15, 0.2) is 0 Å². The Labute approximate surface area is 191 Å².